The van der Waals surface area contributed by atoms with Crippen molar-refractivity contribution >= 4 is 11.6 Å². The third-order valence-electron chi connectivity index (χ3n) is 5.52. The minimum absolute atomic E-state index is 0.295. The Morgan fingerprint density at radius 2 is 1.88 bits per heavy atom. The van der Waals surface area contributed by atoms with Crippen LogP contribution in [0.5, 0.6) is 0 Å². The number of piperazine rings is 1. The van der Waals surface area contributed by atoms with Gasteiger partial charge in [0, 0.05) is 44.8 Å². The average Bonchev–Trinajstić information content (AvgIpc) is 3.06. The summed E-state index contributed by atoms with van der Waals surface area (Å²) >= 11 is 0. The maximum atomic E-state index is 12.6. The van der Waals surface area contributed by atoms with E-state index in [2.05, 4.69) is 25.4 Å². The fourth-order valence-electron chi connectivity index (χ4n) is 4.07. The maximum Gasteiger partial charge on any atom is 0.225 e. The number of carbonyl (C=O) groups excluding carboxylic acids is 1. The van der Waals surface area contributed by atoms with Crippen LogP contribution in [0.4, 0.5) is 0 Å². The molecule has 1 saturated heterocycles. The number of hydrogen-bond donors (Lipinski definition) is 0. The highest BCUT2D eigenvalue weighted by molar-refractivity contribution is 5.79. The van der Waals surface area contributed by atoms with Gasteiger partial charge in [-0.1, -0.05) is 25.3 Å². The molecule has 2 aromatic heterocycles. The number of imidazole rings is 1. The molecule has 3 heterocycles. The number of carbonyl (C=O) groups is 1. The first kappa shape index (κ1) is 15.6. The van der Waals surface area contributed by atoms with Crippen molar-refractivity contribution in [2.75, 3.05) is 26.2 Å². The normalized spacial score (nSPS) is 20.6. The minimum Gasteiger partial charge on any atom is -0.340 e. The van der Waals surface area contributed by atoms with E-state index in [9.17, 15) is 4.79 Å². The molecule has 0 N–H and O–H groups in total. The molecule has 2 fully saturated rings. The van der Waals surface area contributed by atoms with E-state index >= 15 is 0 Å². The number of fused-ring (bicyclic) bond motifs is 1. The van der Waals surface area contributed by atoms with Gasteiger partial charge in [0.05, 0.1) is 11.9 Å². The lowest BCUT2D eigenvalue weighted by Gasteiger charge is -2.37. The summed E-state index contributed by atoms with van der Waals surface area (Å²) in [5.74, 6) is 0.702. The molecule has 2 aliphatic rings. The maximum absolute atomic E-state index is 12.6. The van der Waals surface area contributed by atoms with Crippen LogP contribution in [-0.2, 0) is 11.3 Å². The molecule has 128 valence electrons. The highest BCUT2D eigenvalue weighted by Crippen LogP contribution is 2.26. The summed E-state index contributed by atoms with van der Waals surface area (Å²) in [6, 6.07) is 6.09. The molecule has 2 aromatic rings. The predicted octanol–water partition coefficient (Wildman–Crippen LogP) is 2.56. The Morgan fingerprint density at radius 1 is 1.08 bits per heavy atom. The number of rotatable bonds is 3. The zero-order valence-corrected chi connectivity index (χ0v) is 14.2. The molecular formula is C19H26N4O. The van der Waals surface area contributed by atoms with Crippen LogP contribution in [0.3, 0.4) is 0 Å². The van der Waals surface area contributed by atoms with Crippen LogP contribution < -0.4 is 0 Å². The second-order valence-corrected chi connectivity index (χ2v) is 7.11. The van der Waals surface area contributed by atoms with E-state index in [1.165, 1.54) is 25.0 Å². The molecule has 24 heavy (non-hydrogen) atoms. The number of nitrogens with zero attached hydrogens (tertiary/aromatic N) is 4. The van der Waals surface area contributed by atoms with Gasteiger partial charge in [-0.25, -0.2) is 4.98 Å². The quantitative estimate of drug-likeness (QED) is 0.870. The van der Waals surface area contributed by atoms with Gasteiger partial charge in [0.1, 0.15) is 5.65 Å². The third kappa shape index (κ3) is 3.18. The van der Waals surface area contributed by atoms with Crippen LogP contribution in [-0.4, -0.2) is 51.3 Å². The van der Waals surface area contributed by atoms with E-state index in [0.29, 0.717) is 11.8 Å². The van der Waals surface area contributed by atoms with Gasteiger partial charge in [-0.05, 0) is 25.0 Å². The molecule has 5 nitrogen and oxygen atoms in total. The Hall–Kier alpha value is -1.88. The zero-order valence-electron chi connectivity index (χ0n) is 14.2. The summed E-state index contributed by atoms with van der Waals surface area (Å²) < 4.78 is 2.15. The van der Waals surface area contributed by atoms with Crippen LogP contribution in [0, 0.1) is 5.92 Å². The first-order chi connectivity index (χ1) is 11.8. The number of hydrogen-bond acceptors (Lipinski definition) is 3. The summed E-state index contributed by atoms with van der Waals surface area (Å²) in [5.41, 5.74) is 2.22. The van der Waals surface area contributed by atoms with E-state index in [1.807, 2.05) is 24.4 Å². The van der Waals surface area contributed by atoms with Gasteiger partial charge in [-0.3, -0.25) is 9.69 Å². The molecule has 1 amide bonds. The van der Waals surface area contributed by atoms with Gasteiger partial charge in [0.2, 0.25) is 5.91 Å². The highest BCUT2D eigenvalue weighted by Gasteiger charge is 2.28. The molecule has 4 rings (SSSR count). The molecule has 0 bridgehead atoms. The lowest BCUT2D eigenvalue weighted by molar-refractivity contribution is -0.138. The van der Waals surface area contributed by atoms with E-state index in [0.717, 1.165) is 51.2 Å². The first-order valence-corrected chi connectivity index (χ1v) is 9.23. The highest BCUT2D eigenvalue weighted by atomic mass is 16.2. The van der Waals surface area contributed by atoms with E-state index in [4.69, 9.17) is 0 Å². The van der Waals surface area contributed by atoms with Crippen molar-refractivity contribution in [2.45, 2.75) is 38.6 Å². The van der Waals surface area contributed by atoms with Gasteiger partial charge >= 0.3 is 0 Å². The Bertz CT molecular complexity index is 696. The van der Waals surface area contributed by atoms with Crippen LogP contribution >= 0.6 is 0 Å². The Balaban J connectivity index is 1.33. The van der Waals surface area contributed by atoms with Gasteiger partial charge in [0.15, 0.2) is 0 Å². The Labute approximate surface area is 143 Å². The van der Waals surface area contributed by atoms with Gasteiger partial charge in [-0.15, -0.1) is 0 Å². The molecule has 1 aliphatic heterocycles. The summed E-state index contributed by atoms with van der Waals surface area (Å²) in [7, 11) is 0. The van der Waals surface area contributed by atoms with E-state index in [1.54, 1.807) is 0 Å². The molecule has 0 unspecified atom stereocenters. The van der Waals surface area contributed by atoms with E-state index < -0.39 is 0 Å². The number of amides is 1. The lowest BCUT2D eigenvalue weighted by atomic mass is 9.88. The molecule has 0 radical (unpaired) electrons. The minimum atomic E-state index is 0.295. The lowest BCUT2D eigenvalue weighted by Crippen LogP contribution is -2.50. The van der Waals surface area contributed by atoms with Crippen molar-refractivity contribution < 1.29 is 4.79 Å². The fourth-order valence-corrected chi connectivity index (χ4v) is 4.07. The first-order valence-electron chi connectivity index (χ1n) is 9.23. The summed E-state index contributed by atoms with van der Waals surface area (Å²) in [6.07, 6.45) is 9.99. The smallest absolute Gasteiger partial charge is 0.225 e. The average molecular weight is 326 g/mol. The fraction of sp³-hybridized carbons (Fsp3) is 0.579. The number of aromatic nitrogens is 2. The molecule has 0 aromatic carbocycles. The Morgan fingerprint density at radius 3 is 2.67 bits per heavy atom. The zero-order chi connectivity index (χ0) is 16.4. The predicted molar refractivity (Wildman–Crippen MR) is 93.6 cm³/mol. The largest absolute Gasteiger partial charge is 0.340 e. The third-order valence-corrected chi connectivity index (χ3v) is 5.52. The summed E-state index contributed by atoms with van der Waals surface area (Å²) in [6.45, 7) is 4.55. The second-order valence-electron chi connectivity index (χ2n) is 7.11. The molecule has 1 aliphatic carbocycles. The van der Waals surface area contributed by atoms with Crippen LogP contribution in [0.15, 0.2) is 30.6 Å². The van der Waals surface area contributed by atoms with Crippen molar-refractivity contribution in [3.8, 4) is 0 Å². The second kappa shape index (κ2) is 6.93. The molecular weight excluding hydrogens is 300 g/mol. The van der Waals surface area contributed by atoms with Crippen molar-refractivity contribution in [1.29, 1.82) is 0 Å². The van der Waals surface area contributed by atoms with Crippen LogP contribution in [0.2, 0.25) is 0 Å². The van der Waals surface area contributed by atoms with Crippen molar-refractivity contribution in [3.63, 3.8) is 0 Å². The molecule has 0 spiro atoms. The van der Waals surface area contributed by atoms with Gasteiger partial charge in [-0.2, -0.15) is 0 Å². The Kier molecular flexibility index (Phi) is 4.52. The van der Waals surface area contributed by atoms with Gasteiger partial charge < -0.3 is 9.30 Å². The SMILES string of the molecule is O=C(C1CCCCC1)N1CCN(Cc2cnc3ccccn23)CC1. The molecule has 5 heteroatoms. The van der Waals surface area contributed by atoms with Crippen LogP contribution in [0.25, 0.3) is 5.65 Å². The van der Waals surface area contributed by atoms with Crippen molar-refractivity contribution in [1.82, 2.24) is 19.2 Å². The monoisotopic (exact) mass is 326 g/mol. The number of pyridine rings is 1. The van der Waals surface area contributed by atoms with E-state index in [-0.39, 0.29) is 0 Å². The van der Waals surface area contributed by atoms with Crippen molar-refractivity contribution in [3.05, 3.63) is 36.3 Å². The standard InChI is InChI=1S/C19H26N4O/c24-19(16-6-2-1-3-7-16)22-12-10-21(11-13-22)15-17-14-20-18-8-4-5-9-23(17)18/h4-5,8-9,14,16H,1-3,6-7,10-13,15H2. The topological polar surface area (TPSA) is 40.9 Å². The summed E-state index contributed by atoms with van der Waals surface area (Å²) in [5, 5.41) is 0. The molecule has 1 saturated carbocycles. The van der Waals surface area contributed by atoms with Gasteiger partial charge in [0.25, 0.3) is 0 Å². The van der Waals surface area contributed by atoms with Crippen molar-refractivity contribution in [2.24, 2.45) is 5.92 Å². The molecule has 0 atom stereocenters. The van der Waals surface area contributed by atoms with Crippen LogP contribution in [0.1, 0.15) is 37.8 Å². The summed E-state index contributed by atoms with van der Waals surface area (Å²) in [4.78, 5) is 21.6.